The van der Waals surface area contributed by atoms with Gasteiger partial charge in [-0.05, 0) is 38.5 Å². The van der Waals surface area contributed by atoms with E-state index < -0.39 is 5.92 Å². The van der Waals surface area contributed by atoms with Crippen molar-refractivity contribution in [1.82, 2.24) is 0 Å². The normalized spacial score (nSPS) is 11.9. The number of hydrogen-bond acceptors (Lipinski definition) is 3. The topological polar surface area (TPSA) is 43.4 Å². The minimum Gasteiger partial charge on any atom is -0.494 e. The Morgan fingerprint density at radius 1 is 1.24 bits per heavy atom. The average Bonchev–Trinajstić information content (AvgIpc) is 2.30. The molecule has 0 spiro atoms. The van der Waals surface area contributed by atoms with E-state index in [2.05, 4.69) is 0 Å². The number of ether oxygens (including phenoxy) is 1. The van der Waals surface area contributed by atoms with Gasteiger partial charge in [0, 0.05) is 6.42 Å². The summed E-state index contributed by atoms with van der Waals surface area (Å²) in [7, 11) is 0. The Balaban J connectivity index is 2.63. The fourth-order valence-electron chi connectivity index (χ4n) is 1.45. The summed E-state index contributed by atoms with van der Waals surface area (Å²) in [5.41, 5.74) is 0.909. The number of carbonyl (C=O) groups is 2. The first-order chi connectivity index (χ1) is 8.04. The molecule has 0 aliphatic rings. The number of carbonyl (C=O) groups excluding carboxylic acids is 2. The van der Waals surface area contributed by atoms with Crippen LogP contribution >= 0.6 is 0 Å². The molecule has 0 aromatic heterocycles. The summed E-state index contributed by atoms with van der Waals surface area (Å²) < 4.78 is 5.31. The molecule has 0 N–H and O–H groups in total. The van der Waals surface area contributed by atoms with Crippen molar-refractivity contribution in [2.24, 2.45) is 5.92 Å². The fourth-order valence-corrected chi connectivity index (χ4v) is 1.45. The maximum atomic E-state index is 11.7. The van der Waals surface area contributed by atoms with Gasteiger partial charge in [0.25, 0.3) is 0 Å². The number of ketones is 2. The molecule has 1 aromatic rings. The zero-order valence-corrected chi connectivity index (χ0v) is 10.5. The van der Waals surface area contributed by atoms with Crippen LogP contribution in [0.4, 0.5) is 0 Å². The van der Waals surface area contributed by atoms with Crippen molar-refractivity contribution in [2.45, 2.75) is 27.2 Å². The van der Waals surface area contributed by atoms with Crippen LogP contribution in [0.1, 0.15) is 26.3 Å². The smallest absolute Gasteiger partial charge is 0.147 e. The third kappa shape index (κ3) is 4.02. The van der Waals surface area contributed by atoms with Crippen LogP contribution in [0.5, 0.6) is 5.75 Å². The number of benzene rings is 1. The van der Waals surface area contributed by atoms with Crippen molar-refractivity contribution in [1.29, 1.82) is 0 Å². The van der Waals surface area contributed by atoms with Gasteiger partial charge in [-0.3, -0.25) is 9.59 Å². The molecular formula is C14H18O3. The fraction of sp³-hybridized carbons (Fsp3) is 0.429. The zero-order chi connectivity index (χ0) is 12.8. The van der Waals surface area contributed by atoms with Crippen LogP contribution in [-0.2, 0) is 16.0 Å². The minimum absolute atomic E-state index is 0.0401. The Kier molecular flexibility index (Phi) is 4.88. The highest BCUT2D eigenvalue weighted by Gasteiger charge is 2.17. The molecule has 0 amide bonds. The summed E-state index contributed by atoms with van der Waals surface area (Å²) in [6, 6.07) is 7.39. The van der Waals surface area contributed by atoms with Crippen LogP contribution in [0.25, 0.3) is 0 Å². The third-order valence-electron chi connectivity index (χ3n) is 2.71. The monoisotopic (exact) mass is 234 g/mol. The quantitative estimate of drug-likeness (QED) is 0.710. The van der Waals surface area contributed by atoms with E-state index in [-0.39, 0.29) is 11.6 Å². The molecule has 1 unspecified atom stereocenters. The Hall–Kier alpha value is -1.64. The maximum Gasteiger partial charge on any atom is 0.147 e. The number of Topliss-reactive ketones (excluding diaryl/α,β-unsaturated/α-hetero) is 2. The molecule has 0 bridgehead atoms. The van der Waals surface area contributed by atoms with Crippen molar-refractivity contribution < 1.29 is 14.3 Å². The highest BCUT2D eigenvalue weighted by Crippen LogP contribution is 2.14. The SMILES string of the molecule is CCOc1ccc(CC(=O)C(C)C(C)=O)cc1. The average molecular weight is 234 g/mol. The molecule has 0 saturated heterocycles. The van der Waals surface area contributed by atoms with Crippen LogP contribution in [0.15, 0.2) is 24.3 Å². The highest BCUT2D eigenvalue weighted by atomic mass is 16.5. The zero-order valence-electron chi connectivity index (χ0n) is 10.5. The van der Waals surface area contributed by atoms with Crippen LogP contribution < -0.4 is 4.74 Å². The number of hydrogen-bond donors (Lipinski definition) is 0. The second-order valence-corrected chi connectivity index (χ2v) is 4.05. The molecule has 3 nitrogen and oxygen atoms in total. The molecule has 1 rings (SSSR count). The molecule has 0 saturated carbocycles. The van der Waals surface area contributed by atoms with Gasteiger partial charge in [-0.1, -0.05) is 12.1 Å². The van der Waals surface area contributed by atoms with Crippen molar-refractivity contribution in [3.8, 4) is 5.75 Å². The Morgan fingerprint density at radius 2 is 1.82 bits per heavy atom. The molecule has 0 aliphatic heterocycles. The number of rotatable bonds is 6. The summed E-state index contributed by atoms with van der Waals surface area (Å²) in [4.78, 5) is 22.8. The molecule has 1 aromatic carbocycles. The van der Waals surface area contributed by atoms with E-state index in [1.165, 1.54) is 6.92 Å². The van der Waals surface area contributed by atoms with E-state index in [1.807, 2.05) is 31.2 Å². The van der Waals surface area contributed by atoms with Gasteiger partial charge < -0.3 is 4.74 Å². The predicted molar refractivity (Wildman–Crippen MR) is 66.2 cm³/mol. The summed E-state index contributed by atoms with van der Waals surface area (Å²) in [5.74, 6) is 0.160. The Labute approximate surface area is 102 Å². The lowest BCUT2D eigenvalue weighted by Crippen LogP contribution is -2.20. The highest BCUT2D eigenvalue weighted by molar-refractivity contribution is 6.01. The third-order valence-corrected chi connectivity index (χ3v) is 2.71. The lowest BCUT2D eigenvalue weighted by atomic mass is 9.96. The summed E-state index contributed by atoms with van der Waals surface area (Å²) >= 11 is 0. The van der Waals surface area contributed by atoms with Crippen LogP contribution in [0.3, 0.4) is 0 Å². The van der Waals surface area contributed by atoms with E-state index in [0.717, 1.165) is 11.3 Å². The lowest BCUT2D eigenvalue weighted by Gasteiger charge is -2.07. The van der Waals surface area contributed by atoms with Crippen molar-refractivity contribution in [2.75, 3.05) is 6.61 Å². The molecule has 3 heteroatoms. The van der Waals surface area contributed by atoms with Crippen molar-refractivity contribution >= 4 is 11.6 Å². The summed E-state index contributed by atoms with van der Waals surface area (Å²) in [5, 5.41) is 0. The molecular weight excluding hydrogens is 216 g/mol. The molecule has 92 valence electrons. The minimum atomic E-state index is -0.512. The van der Waals surface area contributed by atoms with E-state index >= 15 is 0 Å². The molecule has 17 heavy (non-hydrogen) atoms. The first kappa shape index (κ1) is 13.4. The molecule has 0 aliphatic carbocycles. The molecule has 1 atom stereocenters. The molecule has 0 radical (unpaired) electrons. The Morgan fingerprint density at radius 3 is 2.29 bits per heavy atom. The van der Waals surface area contributed by atoms with E-state index in [0.29, 0.717) is 13.0 Å². The first-order valence-corrected chi connectivity index (χ1v) is 5.79. The van der Waals surface area contributed by atoms with E-state index in [4.69, 9.17) is 4.74 Å². The van der Waals surface area contributed by atoms with Gasteiger partial charge in [0.15, 0.2) is 0 Å². The standard InChI is InChI=1S/C14H18O3/c1-4-17-13-7-5-12(6-8-13)9-14(16)10(2)11(3)15/h5-8,10H,4,9H2,1-3H3. The molecule has 0 fully saturated rings. The maximum absolute atomic E-state index is 11.7. The Bertz CT molecular complexity index is 392. The van der Waals surface area contributed by atoms with Crippen LogP contribution in [0.2, 0.25) is 0 Å². The van der Waals surface area contributed by atoms with Gasteiger partial charge in [0.05, 0.1) is 12.5 Å². The first-order valence-electron chi connectivity index (χ1n) is 5.79. The second kappa shape index (κ2) is 6.18. The van der Waals surface area contributed by atoms with Crippen molar-refractivity contribution in [3.63, 3.8) is 0 Å². The second-order valence-electron chi connectivity index (χ2n) is 4.05. The van der Waals surface area contributed by atoms with Crippen molar-refractivity contribution in [3.05, 3.63) is 29.8 Å². The largest absolute Gasteiger partial charge is 0.494 e. The lowest BCUT2D eigenvalue weighted by molar-refractivity contribution is -0.130. The van der Waals surface area contributed by atoms with Gasteiger partial charge >= 0.3 is 0 Å². The molecule has 0 heterocycles. The summed E-state index contributed by atoms with van der Waals surface area (Å²) in [6.07, 6.45) is 0.299. The van der Waals surface area contributed by atoms with Crippen LogP contribution in [0, 0.1) is 5.92 Å². The van der Waals surface area contributed by atoms with Gasteiger partial charge in [-0.15, -0.1) is 0 Å². The van der Waals surface area contributed by atoms with E-state index in [1.54, 1.807) is 6.92 Å². The van der Waals surface area contributed by atoms with E-state index in [9.17, 15) is 9.59 Å². The summed E-state index contributed by atoms with van der Waals surface area (Å²) in [6.45, 7) is 5.64. The van der Waals surface area contributed by atoms with Crippen LogP contribution in [-0.4, -0.2) is 18.2 Å². The van der Waals surface area contributed by atoms with Gasteiger partial charge in [0.2, 0.25) is 0 Å². The van der Waals surface area contributed by atoms with Gasteiger partial charge in [-0.25, -0.2) is 0 Å². The van der Waals surface area contributed by atoms with Gasteiger partial charge in [-0.2, -0.15) is 0 Å². The van der Waals surface area contributed by atoms with Gasteiger partial charge in [0.1, 0.15) is 17.3 Å². The predicted octanol–water partition coefficient (Wildman–Crippen LogP) is 2.42.